The number of thioether (sulfide) groups is 1. The Kier molecular flexibility index (Phi) is 5.21. The van der Waals surface area contributed by atoms with Gasteiger partial charge in [0.25, 0.3) is 0 Å². The molecule has 1 unspecified atom stereocenters. The van der Waals surface area contributed by atoms with E-state index in [1.165, 1.54) is 0 Å². The molecule has 3 atom stereocenters. The van der Waals surface area contributed by atoms with Crippen LogP contribution in [0.2, 0.25) is 5.02 Å². The fourth-order valence-corrected chi connectivity index (χ4v) is 5.16. The Labute approximate surface area is 168 Å². The second-order valence-electron chi connectivity index (χ2n) is 6.48. The summed E-state index contributed by atoms with van der Waals surface area (Å²) in [7, 11) is 0. The lowest BCUT2D eigenvalue weighted by Gasteiger charge is -2.29. The third-order valence-electron chi connectivity index (χ3n) is 4.76. The zero-order chi connectivity index (χ0) is 18.8. The SMILES string of the molecule is [NH3+]C1S[C@@H](C(=O)c2ccccc2)[C@H](c2ccccc2)N1c1cccc(Cl)c1. The molecule has 3 aromatic rings. The van der Waals surface area contributed by atoms with Gasteiger partial charge in [-0.3, -0.25) is 4.79 Å². The summed E-state index contributed by atoms with van der Waals surface area (Å²) in [5, 5.41) is 0.436. The van der Waals surface area contributed by atoms with E-state index in [0.717, 1.165) is 16.8 Å². The molecule has 1 fully saturated rings. The van der Waals surface area contributed by atoms with Crippen LogP contribution in [0.5, 0.6) is 0 Å². The van der Waals surface area contributed by atoms with E-state index in [0.29, 0.717) is 5.02 Å². The largest absolute Gasteiger partial charge is 0.329 e. The maximum Gasteiger partial charge on any atom is 0.210 e. The minimum absolute atomic E-state index is 0.0914. The predicted molar refractivity (Wildman–Crippen MR) is 112 cm³/mol. The Hall–Kier alpha value is -2.27. The standard InChI is InChI=1S/C22H19ClN2OS/c23-17-12-7-13-18(14-17)25-19(15-8-3-1-4-9-15)21(27-22(25)24)20(26)16-10-5-2-6-11-16/h1-14,19,21-22H,24H2/p+1/t19-,21+,22?/m0/s1. The van der Waals surface area contributed by atoms with Gasteiger partial charge in [-0.05, 0) is 23.8 Å². The molecule has 0 spiro atoms. The summed E-state index contributed by atoms with van der Waals surface area (Å²) < 4.78 is 0. The molecule has 1 heterocycles. The van der Waals surface area contributed by atoms with E-state index in [4.69, 9.17) is 11.6 Å². The van der Waals surface area contributed by atoms with E-state index < -0.39 is 0 Å². The van der Waals surface area contributed by atoms with Crippen molar-refractivity contribution in [2.75, 3.05) is 4.90 Å². The molecule has 0 aromatic heterocycles. The smallest absolute Gasteiger partial charge is 0.210 e. The van der Waals surface area contributed by atoms with E-state index >= 15 is 0 Å². The predicted octanol–water partition coefficient (Wildman–Crippen LogP) is 4.41. The van der Waals surface area contributed by atoms with Crippen molar-refractivity contribution in [1.82, 2.24) is 0 Å². The number of quaternary nitrogens is 1. The van der Waals surface area contributed by atoms with Gasteiger partial charge in [0.2, 0.25) is 5.50 Å². The van der Waals surface area contributed by atoms with Crippen molar-refractivity contribution in [3.63, 3.8) is 0 Å². The fourth-order valence-electron chi connectivity index (χ4n) is 3.56. The molecule has 5 heteroatoms. The average Bonchev–Trinajstić information content (AvgIpc) is 3.06. The number of Topliss-reactive ketones (excluding diaryl/α,β-unsaturated/α-hetero) is 1. The van der Waals surface area contributed by atoms with Crippen molar-refractivity contribution in [1.29, 1.82) is 0 Å². The van der Waals surface area contributed by atoms with E-state index in [-0.39, 0.29) is 22.6 Å². The van der Waals surface area contributed by atoms with Crippen LogP contribution in [-0.2, 0) is 0 Å². The van der Waals surface area contributed by atoms with Crippen molar-refractivity contribution < 1.29 is 10.5 Å². The summed E-state index contributed by atoms with van der Waals surface area (Å²) in [5.74, 6) is 0.132. The molecule has 3 N–H and O–H groups in total. The highest BCUT2D eigenvalue weighted by molar-refractivity contribution is 8.01. The number of carbonyl (C=O) groups is 1. The number of hydrogen-bond acceptors (Lipinski definition) is 3. The Bertz CT molecular complexity index is 935. The number of nitrogens with zero attached hydrogens (tertiary/aromatic N) is 1. The summed E-state index contributed by atoms with van der Waals surface area (Å²) in [6.45, 7) is 0. The van der Waals surface area contributed by atoms with Gasteiger partial charge in [-0.1, -0.05) is 90.1 Å². The number of carbonyl (C=O) groups excluding carboxylic acids is 1. The van der Waals surface area contributed by atoms with Gasteiger partial charge in [-0.2, -0.15) is 0 Å². The van der Waals surface area contributed by atoms with Crippen molar-refractivity contribution in [2.45, 2.75) is 16.8 Å². The molecular formula is C22H20ClN2OS+. The summed E-state index contributed by atoms with van der Waals surface area (Å²) in [5.41, 5.74) is 7.04. The first-order chi connectivity index (χ1) is 13.1. The molecule has 3 nitrogen and oxygen atoms in total. The van der Waals surface area contributed by atoms with Crippen LogP contribution >= 0.6 is 23.4 Å². The van der Waals surface area contributed by atoms with E-state index in [9.17, 15) is 4.79 Å². The van der Waals surface area contributed by atoms with Gasteiger partial charge in [0.15, 0.2) is 5.78 Å². The minimum Gasteiger partial charge on any atom is -0.329 e. The number of halogens is 1. The van der Waals surface area contributed by atoms with Gasteiger partial charge in [0, 0.05) is 16.3 Å². The molecule has 3 aromatic carbocycles. The zero-order valence-corrected chi connectivity index (χ0v) is 16.2. The van der Waals surface area contributed by atoms with Crippen molar-refractivity contribution in [2.24, 2.45) is 0 Å². The third kappa shape index (κ3) is 3.61. The van der Waals surface area contributed by atoms with Crippen LogP contribution in [0.15, 0.2) is 84.9 Å². The first-order valence-electron chi connectivity index (χ1n) is 8.82. The van der Waals surface area contributed by atoms with Crippen LogP contribution in [0.25, 0.3) is 0 Å². The first-order valence-corrected chi connectivity index (χ1v) is 10.1. The van der Waals surface area contributed by atoms with E-state index in [1.807, 2.05) is 72.8 Å². The second-order valence-corrected chi connectivity index (χ2v) is 8.24. The number of hydrogen-bond donors (Lipinski definition) is 1. The third-order valence-corrected chi connectivity index (χ3v) is 6.31. The van der Waals surface area contributed by atoms with Crippen molar-refractivity contribution in [3.05, 3.63) is 101 Å². The lowest BCUT2D eigenvalue weighted by Crippen LogP contribution is -2.65. The fraction of sp³-hybridized carbons (Fsp3) is 0.136. The second kappa shape index (κ2) is 7.77. The van der Waals surface area contributed by atoms with Crippen LogP contribution in [-0.4, -0.2) is 16.5 Å². The summed E-state index contributed by atoms with van der Waals surface area (Å²) in [6.07, 6.45) is 0. The van der Waals surface area contributed by atoms with Crippen LogP contribution in [0.4, 0.5) is 5.69 Å². The Morgan fingerprint density at radius 3 is 2.26 bits per heavy atom. The lowest BCUT2D eigenvalue weighted by molar-refractivity contribution is -0.384. The molecule has 0 amide bonds. The molecule has 136 valence electrons. The van der Waals surface area contributed by atoms with E-state index in [2.05, 4.69) is 22.8 Å². The monoisotopic (exact) mass is 395 g/mol. The highest BCUT2D eigenvalue weighted by atomic mass is 35.5. The molecule has 0 saturated carbocycles. The van der Waals surface area contributed by atoms with Gasteiger partial charge < -0.3 is 10.6 Å². The summed E-state index contributed by atoms with van der Waals surface area (Å²) in [4.78, 5) is 15.5. The van der Waals surface area contributed by atoms with Gasteiger partial charge in [0.05, 0.1) is 6.04 Å². The quantitative estimate of drug-likeness (QED) is 0.665. The topological polar surface area (TPSA) is 48.0 Å². The maximum absolute atomic E-state index is 13.3. The first kappa shape index (κ1) is 18.1. The van der Waals surface area contributed by atoms with Crippen molar-refractivity contribution in [3.8, 4) is 0 Å². The Morgan fingerprint density at radius 2 is 1.59 bits per heavy atom. The summed E-state index contributed by atoms with van der Waals surface area (Å²) >= 11 is 7.84. The number of rotatable bonds is 4. The normalized spacial score (nSPS) is 22.0. The Morgan fingerprint density at radius 1 is 0.926 bits per heavy atom. The molecule has 27 heavy (non-hydrogen) atoms. The van der Waals surface area contributed by atoms with Crippen LogP contribution in [0, 0.1) is 0 Å². The minimum atomic E-state index is -0.240. The molecule has 0 aliphatic carbocycles. The molecule has 1 aliphatic heterocycles. The number of benzene rings is 3. The van der Waals surface area contributed by atoms with Gasteiger partial charge in [0.1, 0.15) is 5.25 Å². The molecule has 4 rings (SSSR count). The lowest BCUT2D eigenvalue weighted by atomic mass is 9.96. The van der Waals surface area contributed by atoms with E-state index in [1.54, 1.807) is 11.8 Å². The van der Waals surface area contributed by atoms with Crippen molar-refractivity contribution >= 4 is 34.8 Å². The molecule has 1 saturated heterocycles. The maximum atomic E-state index is 13.3. The van der Waals surface area contributed by atoms with Gasteiger partial charge in [-0.25, -0.2) is 0 Å². The molecular weight excluding hydrogens is 376 g/mol. The molecule has 1 aliphatic rings. The number of ketones is 1. The molecule has 0 radical (unpaired) electrons. The van der Waals surface area contributed by atoms with Gasteiger partial charge >= 0.3 is 0 Å². The van der Waals surface area contributed by atoms with Gasteiger partial charge in [-0.15, -0.1) is 0 Å². The average molecular weight is 396 g/mol. The summed E-state index contributed by atoms with van der Waals surface area (Å²) in [6, 6.07) is 27.3. The number of anilines is 1. The van der Waals surface area contributed by atoms with Crippen LogP contribution in [0.3, 0.4) is 0 Å². The highest BCUT2D eigenvalue weighted by Crippen LogP contribution is 2.46. The molecule has 0 bridgehead atoms. The Balaban J connectivity index is 1.79. The van der Waals surface area contributed by atoms with Crippen LogP contribution in [0.1, 0.15) is 22.0 Å². The zero-order valence-electron chi connectivity index (χ0n) is 14.7. The van der Waals surface area contributed by atoms with Crippen LogP contribution < -0.4 is 10.6 Å². The highest BCUT2D eigenvalue weighted by Gasteiger charge is 2.47.